The molecule has 0 unspecified atom stereocenters. The Hall–Kier alpha value is -3.34. The summed E-state index contributed by atoms with van der Waals surface area (Å²) in [6.45, 7) is 0. The van der Waals surface area contributed by atoms with E-state index in [1.807, 2.05) is 48.5 Å². The topological polar surface area (TPSA) is 60.5 Å². The fourth-order valence-corrected chi connectivity index (χ4v) is 2.89. The average molecular weight is 362 g/mol. The molecular weight excluding hydrogens is 340 g/mol. The van der Waals surface area contributed by atoms with E-state index in [1.54, 1.807) is 12.1 Å². The van der Waals surface area contributed by atoms with Crippen LogP contribution in [0.25, 0.3) is 0 Å². The average Bonchev–Trinajstić information content (AvgIpc) is 2.74. The van der Waals surface area contributed by atoms with Crippen LogP contribution in [0.2, 0.25) is 0 Å². The number of carbonyl (C=O) groups excluding carboxylic acids is 1. The molecule has 0 fully saturated rings. The lowest BCUT2D eigenvalue weighted by atomic mass is 9.98. The first-order valence-electron chi connectivity index (χ1n) is 8.70. The standard InChI is InChI=1S/C22H22N2O3/c1-26-20-14-13-18(22(24-20)27-2)21(25)23-19(17-11-7-4-8-12-17)15-16-9-5-3-6-10-16/h3-14,19H,15H2,1-2H3,(H,23,25)/t19-/m1/s1. The van der Waals surface area contributed by atoms with Crippen LogP contribution in [0, 0.1) is 0 Å². The maximum Gasteiger partial charge on any atom is 0.257 e. The van der Waals surface area contributed by atoms with Crippen LogP contribution in [0.1, 0.15) is 27.5 Å². The Balaban J connectivity index is 1.86. The highest BCUT2D eigenvalue weighted by Crippen LogP contribution is 2.23. The van der Waals surface area contributed by atoms with E-state index in [2.05, 4.69) is 22.4 Å². The molecule has 5 heteroatoms. The molecule has 0 radical (unpaired) electrons. The maximum absolute atomic E-state index is 12.9. The van der Waals surface area contributed by atoms with Gasteiger partial charge in [0, 0.05) is 6.07 Å². The zero-order chi connectivity index (χ0) is 19.1. The van der Waals surface area contributed by atoms with E-state index < -0.39 is 0 Å². The van der Waals surface area contributed by atoms with Crippen LogP contribution in [0.4, 0.5) is 0 Å². The number of benzene rings is 2. The number of pyridine rings is 1. The summed E-state index contributed by atoms with van der Waals surface area (Å²) in [4.78, 5) is 17.1. The van der Waals surface area contributed by atoms with Crippen molar-refractivity contribution in [2.75, 3.05) is 14.2 Å². The van der Waals surface area contributed by atoms with Gasteiger partial charge in [-0.2, -0.15) is 4.98 Å². The Morgan fingerprint density at radius 2 is 1.59 bits per heavy atom. The molecule has 1 N–H and O–H groups in total. The third-order valence-corrected chi connectivity index (χ3v) is 4.27. The maximum atomic E-state index is 12.9. The van der Waals surface area contributed by atoms with Gasteiger partial charge in [-0.05, 0) is 23.6 Å². The number of methoxy groups -OCH3 is 2. The third kappa shape index (κ3) is 4.64. The molecule has 0 aliphatic rings. The molecule has 0 spiro atoms. The number of nitrogens with zero attached hydrogens (tertiary/aromatic N) is 1. The summed E-state index contributed by atoms with van der Waals surface area (Å²) in [5.74, 6) is 0.387. The Bertz CT molecular complexity index is 883. The van der Waals surface area contributed by atoms with Crippen LogP contribution in [0.3, 0.4) is 0 Å². The largest absolute Gasteiger partial charge is 0.481 e. The summed E-state index contributed by atoms with van der Waals surface area (Å²) in [5, 5.41) is 3.11. The predicted molar refractivity (Wildman–Crippen MR) is 104 cm³/mol. The molecule has 5 nitrogen and oxygen atoms in total. The summed E-state index contributed by atoms with van der Waals surface area (Å²) in [7, 11) is 3.00. The van der Waals surface area contributed by atoms with E-state index in [-0.39, 0.29) is 17.8 Å². The Labute approximate surface area is 159 Å². The van der Waals surface area contributed by atoms with E-state index in [0.717, 1.165) is 11.1 Å². The second kappa shape index (κ2) is 8.85. The molecule has 1 aromatic heterocycles. The highest BCUT2D eigenvalue weighted by atomic mass is 16.5. The van der Waals surface area contributed by atoms with E-state index in [0.29, 0.717) is 17.9 Å². The molecule has 0 aliphatic carbocycles. The van der Waals surface area contributed by atoms with Crippen molar-refractivity contribution in [3.8, 4) is 11.8 Å². The minimum Gasteiger partial charge on any atom is -0.481 e. The van der Waals surface area contributed by atoms with Gasteiger partial charge in [0.1, 0.15) is 5.56 Å². The molecule has 0 bridgehead atoms. The third-order valence-electron chi connectivity index (χ3n) is 4.27. The summed E-state index contributed by atoms with van der Waals surface area (Å²) in [6.07, 6.45) is 0.683. The highest BCUT2D eigenvalue weighted by Gasteiger charge is 2.20. The minimum atomic E-state index is -0.244. The van der Waals surface area contributed by atoms with Crippen molar-refractivity contribution in [1.29, 1.82) is 0 Å². The molecule has 1 amide bonds. The fourth-order valence-electron chi connectivity index (χ4n) is 2.89. The Morgan fingerprint density at radius 1 is 0.926 bits per heavy atom. The predicted octanol–water partition coefficient (Wildman–Crippen LogP) is 3.81. The smallest absolute Gasteiger partial charge is 0.257 e. The first-order valence-corrected chi connectivity index (χ1v) is 8.70. The van der Waals surface area contributed by atoms with Gasteiger partial charge in [-0.15, -0.1) is 0 Å². The SMILES string of the molecule is COc1ccc(C(=O)N[C@H](Cc2ccccc2)c2ccccc2)c(OC)n1. The number of rotatable bonds is 7. The van der Waals surface area contributed by atoms with Crippen molar-refractivity contribution in [2.45, 2.75) is 12.5 Å². The van der Waals surface area contributed by atoms with Crippen LogP contribution >= 0.6 is 0 Å². The lowest BCUT2D eigenvalue weighted by Crippen LogP contribution is -2.30. The Morgan fingerprint density at radius 3 is 2.22 bits per heavy atom. The monoisotopic (exact) mass is 362 g/mol. The molecule has 3 aromatic rings. The van der Waals surface area contributed by atoms with Gasteiger partial charge in [-0.25, -0.2) is 0 Å². The van der Waals surface area contributed by atoms with Gasteiger partial charge in [0.05, 0.1) is 20.3 Å². The zero-order valence-corrected chi connectivity index (χ0v) is 15.4. The van der Waals surface area contributed by atoms with Crippen molar-refractivity contribution in [1.82, 2.24) is 10.3 Å². The van der Waals surface area contributed by atoms with Crippen LogP contribution in [-0.4, -0.2) is 25.1 Å². The second-order valence-corrected chi connectivity index (χ2v) is 6.04. The van der Waals surface area contributed by atoms with E-state index in [1.165, 1.54) is 14.2 Å². The summed E-state index contributed by atoms with van der Waals surface area (Å²) < 4.78 is 10.4. The summed E-state index contributed by atoms with van der Waals surface area (Å²) in [6, 6.07) is 23.1. The lowest BCUT2D eigenvalue weighted by molar-refractivity contribution is 0.0932. The number of hydrogen-bond donors (Lipinski definition) is 1. The second-order valence-electron chi connectivity index (χ2n) is 6.04. The molecule has 1 heterocycles. The number of hydrogen-bond acceptors (Lipinski definition) is 4. The van der Waals surface area contributed by atoms with Crippen LogP contribution in [-0.2, 0) is 6.42 Å². The molecule has 27 heavy (non-hydrogen) atoms. The number of carbonyl (C=O) groups is 1. The van der Waals surface area contributed by atoms with Crippen LogP contribution in [0.15, 0.2) is 72.8 Å². The van der Waals surface area contributed by atoms with Gasteiger partial charge in [-0.3, -0.25) is 4.79 Å². The van der Waals surface area contributed by atoms with Gasteiger partial charge in [0.15, 0.2) is 0 Å². The van der Waals surface area contributed by atoms with E-state index >= 15 is 0 Å². The van der Waals surface area contributed by atoms with Crippen molar-refractivity contribution < 1.29 is 14.3 Å². The summed E-state index contributed by atoms with van der Waals surface area (Å²) >= 11 is 0. The van der Waals surface area contributed by atoms with Gasteiger partial charge in [0.25, 0.3) is 5.91 Å². The first kappa shape index (κ1) is 18.5. The fraction of sp³-hybridized carbons (Fsp3) is 0.182. The van der Waals surface area contributed by atoms with E-state index in [9.17, 15) is 4.79 Å². The molecule has 0 aliphatic heterocycles. The van der Waals surface area contributed by atoms with Crippen molar-refractivity contribution >= 4 is 5.91 Å². The zero-order valence-electron chi connectivity index (χ0n) is 15.4. The van der Waals surface area contributed by atoms with Crippen molar-refractivity contribution in [3.05, 3.63) is 89.5 Å². The molecule has 2 aromatic carbocycles. The first-order chi connectivity index (χ1) is 13.2. The molecular formula is C22H22N2O3. The minimum absolute atomic E-state index is 0.173. The van der Waals surface area contributed by atoms with Gasteiger partial charge >= 0.3 is 0 Å². The Kier molecular flexibility index (Phi) is 6.05. The van der Waals surface area contributed by atoms with E-state index in [4.69, 9.17) is 9.47 Å². The van der Waals surface area contributed by atoms with Crippen molar-refractivity contribution in [2.24, 2.45) is 0 Å². The quantitative estimate of drug-likeness (QED) is 0.694. The number of ether oxygens (including phenoxy) is 2. The highest BCUT2D eigenvalue weighted by molar-refractivity contribution is 5.96. The molecule has 0 saturated carbocycles. The molecule has 1 atom stereocenters. The normalized spacial score (nSPS) is 11.5. The summed E-state index contributed by atoms with van der Waals surface area (Å²) in [5.41, 5.74) is 2.55. The van der Waals surface area contributed by atoms with Gasteiger partial charge in [-0.1, -0.05) is 60.7 Å². The number of amides is 1. The van der Waals surface area contributed by atoms with Crippen LogP contribution in [0.5, 0.6) is 11.8 Å². The number of nitrogens with one attached hydrogen (secondary N) is 1. The van der Waals surface area contributed by atoms with Crippen molar-refractivity contribution in [3.63, 3.8) is 0 Å². The van der Waals surface area contributed by atoms with Crippen LogP contribution < -0.4 is 14.8 Å². The van der Waals surface area contributed by atoms with Gasteiger partial charge in [0.2, 0.25) is 11.8 Å². The molecule has 138 valence electrons. The lowest BCUT2D eigenvalue weighted by Gasteiger charge is -2.20. The number of aromatic nitrogens is 1. The molecule has 3 rings (SSSR count). The molecule has 0 saturated heterocycles. The van der Waals surface area contributed by atoms with Gasteiger partial charge < -0.3 is 14.8 Å².